The van der Waals surface area contributed by atoms with Crippen molar-refractivity contribution < 1.29 is 8.42 Å². The summed E-state index contributed by atoms with van der Waals surface area (Å²) in [5, 5.41) is 3.15. The van der Waals surface area contributed by atoms with Gasteiger partial charge in [-0.3, -0.25) is 0 Å². The monoisotopic (exact) mass is 294 g/mol. The Morgan fingerprint density at radius 1 is 1.30 bits per heavy atom. The molecule has 0 spiro atoms. The Morgan fingerprint density at radius 3 is 2.75 bits per heavy atom. The molecule has 20 heavy (non-hydrogen) atoms. The van der Waals surface area contributed by atoms with Crippen LogP contribution in [0.25, 0.3) is 5.65 Å². The van der Waals surface area contributed by atoms with E-state index in [1.54, 1.807) is 0 Å². The molecule has 0 saturated carbocycles. The normalized spacial score (nSPS) is 18.6. The molecule has 3 rings (SSSR count). The largest absolute Gasteiger partial charge is 0.353 e. The molecule has 1 aliphatic heterocycles. The Hall–Kier alpha value is -1.60. The summed E-state index contributed by atoms with van der Waals surface area (Å²) in [6, 6.07) is 5.89. The van der Waals surface area contributed by atoms with Crippen LogP contribution in [0.15, 0.2) is 24.4 Å². The SMILES string of the molecule is CNCc1c(N2CCS(=O)(=O)CC2)nc2ccccn12. The van der Waals surface area contributed by atoms with Crippen LogP contribution < -0.4 is 10.2 Å². The number of imidazole rings is 1. The van der Waals surface area contributed by atoms with E-state index in [1.165, 1.54) is 0 Å². The van der Waals surface area contributed by atoms with Gasteiger partial charge in [0.25, 0.3) is 0 Å². The van der Waals surface area contributed by atoms with Crippen LogP contribution >= 0.6 is 0 Å². The average Bonchev–Trinajstić information content (AvgIpc) is 2.78. The van der Waals surface area contributed by atoms with Crippen molar-refractivity contribution in [3.05, 3.63) is 30.1 Å². The fraction of sp³-hybridized carbons (Fsp3) is 0.462. The van der Waals surface area contributed by atoms with Crippen LogP contribution in [0.3, 0.4) is 0 Å². The predicted molar refractivity (Wildman–Crippen MR) is 78.8 cm³/mol. The Bertz CT molecular complexity index is 709. The van der Waals surface area contributed by atoms with Crippen LogP contribution in [0.4, 0.5) is 5.82 Å². The highest BCUT2D eigenvalue weighted by Gasteiger charge is 2.25. The van der Waals surface area contributed by atoms with Gasteiger partial charge in [0, 0.05) is 25.8 Å². The van der Waals surface area contributed by atoms with Gasteiger partial charge in [0.2, 0.25) is 0 Å². The molecule has 2 aromatic heterocycles. The zero-order valence-corrected chi connectivity index (χ0v) is 12.2. The summed E-state index contributed by atoms with van der Waals surface area (Å²) in [6.07, 6.45) is 1.99. The van der Waals surface area contributed by atoms with Gasteiger partial charge in [0.05, 0.1) is 17.2 Å². The molecule has 3 heterocycles. The van der Waals surface area contributed by atoms with Crippen molar-refractivity contribution in [2.45, 2.75) is 6.54 Å². The first-order chi connectivity index (χ1) is 9.61. The molecule has 0 bridgehead atoms. The highest BCUT2D eigenvalue weighted by atomic mass is 32.2. The molecule has 0 aliphatic carbocycles. The van der Waals surface area contributed by atoms with E-state index < -0.39 is 9.84 Å². The average molecular weight is 294 g/mol. The lowest BCUT2D eigenvalue weighted by atomic mass is 10.3. The standard InChI is InChI=1S/C13H18N4O2S/c1-14-10-11-13(15-12-4-2-3-5-17(11)12)16-6-8-20(18,19)9-7-16/h2-5,14H,6-10H2,1H3. The van der Waals surface area contributed by atoms with Crippen LogP contribution in [-0.2, 0) is 16.4 Å². The van der Waals surface area contributed by atoms with Gasteiger partial charge in [-0.05, 0) is 19.2 Å². The maximum absolute atomic E-state index is 11.5. The first kappa shape index (κ1) is 13.4. The van der Waals surface area contributed by atoms with E-state index in [-0.39, 0.29) is 11.5 Å². The molecule has 108 valence electrons. The number of hydrogen-bond donors (Lipinski definition) is 1. The third-order valence-corrected chi connectivity index (χ3v) is 5.21. The zero-order chi connectivity index (χ0) is 14.2. The van der Waals surface area contributed by atoms with E-state index in [4.69, 9.17) is 0 Å². The molecule has 0 unspecified atom stereocenters. The summed E-state index contributed by atoms with van der Waals surface area (Å²) in [5.41, 5.74) is 1.96. The van der Waals surface area contributed by atoms with Gasteiger partial charge in [-0.15, -0.1) is 0 Å². The second-order valence-corrected chi connectivity index (χ2v) is 7.28. The summed E-state index contributed by atoms with van der Waals surface area (Å²) >= 11 is 0. The summed E-state index contributed by atoms with van der Waals surface area (Å²) in [6.45, 7) is 1.73. The smallest absolute Gasteiger partial charge is 0.153 e. The summed E-state index contributed by atoms with van der Waals surface area (Å²) < 4.78 is 25.1. The van der Waals surface area contributed by atoms with Crippen molar-refractivity contribution in [3.8, 4) is 0 Å². The van der Waals surface area contributed by atoms with Crippen LogP contribution in [0.1, 0.15) is 5.69 Å². The molecule has 0 aromatic carbocycles. The number of anilines is 1. The number of sulfone groups is 1. The minimum Gasteiger partial charge on any atom is -0.353 e. The van der Waals surface area contributed by atoms with E-state index in [2.05, 4.69) is 19.6 Å². The van der Waals surface area contributed by atoms with Gasteiger partial charge >= 0.3 is 0 Å². The molecule has 0 amide bonds. The summed E-state index contributed by atoms with van der Waals surface area (Å²) in [7, 11) is -0.975. The number of fused-ring (bicyclic) bond motifs is 1. The van der Waals surface area contributed by atoms with Gasteiger partial charge in [0.15, 0.2) is 15.7 Å². The zero-order valence-electron chi connectivity index (χ0n) is 11.4. The number of nitrogens with one attached hydrogen (secondary N) is 1. The molecule has 0 radical (unpaired) electrons. The van der Waals surface area contributed by atoms with Crippen LogP contribution in [0.2, 0.25) is 0 Å². The van der Waals surface area contributed by atoms with Crippen LogP contribution in [0.5, 0.6) is 0 Å². The lowest BCUT2D eigenvalue weighted by Gasteiger charge is -2.27. The highest BCUT2D eigenvalue weighted by molar-refractivity contribution is 7.91. The Balaban J connectivity index is 2.00. The molecule has 0 atom stereocenters. The lowest BCUT2D eigenvalue weighted by molar-refractivity contribution is 0.586. The van der Waals surface area contributed by atoms with Crippen LogP contribution in [0, 0.1) is 0 Å². The minimum absolute atomic E-state index is 0.208. The first-order valence-electron chi connectivity index (χ1n) is 6.67. The maximum atomic E-state index is 11.5. The molecule has 1 aliphatic rings. The Morgan fingerprint density at radius 2 is 2.05 bits per heavy atom. The van der Waals surface area contributed by atoms with Gasteiger partial charge in [-0.1, -0.05) is 6.07 Å². The van der Waals surface area contributed by atoms with E-state index in [1.807, 2.05) is 31.4 Å². The van der Waals surface area contributed by atoms with E-state index in [9.17, 15) is 8.42 Å². The van der Waals surface area contributed by atoms with E-state index in [0.717, 1.165) is 17.2 Å². The van der Waals surface area contributed by atoms with Gasteiger partial charge < -0.3 is 14.6 Å². The van der Waals surface area contributed by atoms with Crippen molar-refractivity contribution >= 4 is 21.3 Å². The second kappa shape index (κ2) is 5.06. The van der Waals surface area contributed by atoms with Crippen molar-refractivity contribution in [3.63, 3.8) is 0 Å². The van der Waals surface area contributed by atoms with E-state index in [0.29, 0.717) is 19.6 Å². The molecular formula is C13H18N4O2S. The fourth-order valence-electron chi connectivity index (χ4n) is 2.54. The Kier molecular flexibility index (Phi) is 3.39. The summed E-state index contributed by atoms with van der Waals surface area (Å²) in [4.78, 5) is 6.73. The van der Waals surface area contributed by atoms with Crippen LogP contribution in [-0.4, -0.2) is 49.4 Å². The highest BCUT2D eigenvalue weighted by Crippen LogP contribution is 2.23. The quantitative estimate of drug-likeness (QED) is 0.881. The lowest BCUT2D eigenvalue weighted by Crippen LogP contribution is -2.41. The second-order valence-electron chi connectivity index (χ2n) is 4.98. The third-order valence-electron chi connectivity index (χ3n) is 3.60. The molecule has 1 fully saturated rings. The molecule has 1 N–H and O–H groups in total. The predicted octanol–water partition coefficient (Wildman–Crippen LogP) is 0.289. The summed E-state index contributed by atoms with van der Waals surface area (Å²) in [5.74, 6) is 1.31. The number of aromatic nitrogens is 2. The van der Waals surface area contributed by atoms with Crippen molar-refractivity contribution in [2.24, 2.45) is 0 Å². The Labute approximate surface area is 118 Å². The maximum Gasteiger partial charge on any atom is 0.153 e. The minimum atomic E-state index is -2.87. The number of hydrogen-bond acceptors (Lipinski definition) is 5. The van der Waals surface area contributed by atoms with Gasteiger partial charge in [-0.25, -0.2) is 13.4 Å². The van der Waals surface area contributed by atoms with Crippen molar-refractivity contribution in [2.75, 3.05) is 36.5 Å². The first-order valence-corrected chi connectivity index (χ1v) is 8.49. The third kappa shape index (κ3) is 2.38. The fourth-order valence-corrected chi connectivity index (χ4v) is 3.74. The van der Waals surface area contributed by atoms with Gasteiger partial charge in [-0.2, -0.15) is 0 Å². The van der Waals surface area contributed by atoms with Crippen molar-refractivity contribution in [1.82, 2.24) is 14.7 Å². The molecule has 2 aromatic rings. The van der Waals surface area contributed by atoms with Crippen molar-refractivity contribution in [1.29, 1.82) is 0 Å². The molecule has 7 heteroatoms. The van der Waals surface area contributed by atoms with E-state index >= 15 is 0 Å². The van der Waals surface area contributed by atoms with Gasteiger partial charge in [0.1, 0.15) is 5.65 Å². The number of pyridine rings is 1. The topological polar surface area (TPSA) is 66.7 Å². The number of nitrogens with zero attached hydrogens (tertiary/aromatic N) is 3. The molecular weight excluding hydrogens is 276 g/mol. The molecule has 1 saturated heterocycles. The molecule has 6 nitrogen and oxygen atoms in total. The number of rotatable bonds is 3.